The number of aromatic nitrogens is 1. The Morgan fingerprint density at radius 1 is 0.972 bits per heavy atom. The van der Waals surface area contributed by atoms with E-state index in [2.05, 4.69) is 26.8 Å². The Bertz CT molecular complexity index is 1530. The summed E-state index contributed by atoms with van der Waals surface area (Å²) in [5, 5.41) is 11.7. The number of fused-ring (bicyclic) bond motifs is 1. The summed E-state index contributed by atoms with van der Waals surface area (Å²) >= 11 is 1.38. The molecule has 3 aromatic carbocycles. The quantitative estimate of drug-likeness (QED) is 0.192. The summed E-state index contributed by atoms with van der Waals surface area (Å²) in [5.74, 6) is -1.59. The van der Waals surface area contributed by atoms with Crippen LogP contribution < -0.4 is 4.90 Å². The molecule has 1 aromatic heterocycles. The van der Waals surface area contributed by atoms with Crippen LogP contribution in [0.1, 0.15) is 54.6 Å². The molecular formula is C30H28N2O3S. The lowest BCUT2D eigenvalue weighted by Crippen LogP contribution is -2.29. The van der Waals surface area contributed by atoms with E-state index in [0.29, 0.717) is 10.7 Å². The molecule has 36 heavy (non-hydrogen) atoms. The number of rotatable bonds is 3. The van der Waals surface area contributed by atoms with Crippen molar-refractivity contribution in [2.45, 2.75) is 46.1 Å². The molecule has 1 amide bonds. The molecule has 1 atom stereocenters. The zero-order chi connectivity index (χ0) is 25.8. The molecule has 1 aliphatic rings. The van der Waals surface area contributed by atoms with Gasteiger partial charge in [-0.05, 0) is 47.6 Å². The van der Waals surface area contributed by atoms with Crippen molar-refractivity contribution in [2.75, 3.05) is 4.90 Å². The van der Waals surface area contributed by atoms with Crippen molar-refractivity contribution in [3.8, 4) is 0 Å². The zero-order valence-corrected chi connectivity index (χ0v) is 21.8. The zero-order valence-electron chi connectivity index (χ0n) is 21.0. The first kappa shape index (κ1) is 23.9. The number of benzene rings is 3. The van der Waals surface area contributed by atoms with Crippen molar-refractivity contribution < 1.29 is 14.7 Å². The minimum absolute atomic E-state index is 0.0488. The van der Waals surface area contributed by atoms with Gasteiger partial charge in [-0.15, -0.1) is 0 Å². The lowest BCUT2D eigenvalue weighted by atomic mass is 9.85. The predicted molar refractivity (Wildman–Crippen MR) is 145 cm³/mol. The fraction of sp³-hybridized carbons (Fsp3) is 0.233. The van der Waals surface area contributed by atoms with E-state index < -0.39 is 17.7 Å². The molecule has 0 radical (unpaired) electrons. The second kappa shape index (κ2) is 8.71. The third kappa shape index (κ3) is 4.01. The number of hydrogen-bond acceptors (Lipinski definition) is 5. The number of aliphatic hydroxyl groups is 1. The Balaban J connectivity index is 1.73. The molecule has 5 nitrogen and oxygen atoms in total. The van der Waals surface area contributed by atoms with Gasteiger partial charge in [-0.3, -0.25) is 14.5 Å². The summed E-state index contributed by atoms with van der Waals surface area (Å²) in [6.07, 6.45) is 0. The Kier molecular flexibility index (Phi) is 5.80. The molecule has 5 rings (SSSR count). The molecule has 0 spiro atoms. The van der Waals surface area contributed by atoms with Crippen molar-refractivity contribution in [3.63, 3.8) is 0 Å². The number of ketones is 1. The smallest absolute Gasteiger partial charge is 0.301 e. The van der Waals surface area contributed by atoms with Gasteiger partial charge in [-0.25, -0.2) is 4.98 Å². The molecule has 1 aliphatic heterocycles. The van der Waals surface area contributed by atoms with Crippen LogP contribution in [0.3, 0.4) is 0 Å². The van der Waals surface area contributed by atoms with Crippen LogP contribution in [0.25, 0.3) is 16.0 Å². The monoisotopic (exact) mass is 496 g/mol. The van der Waals surface area contributed by atoms with Gasteiger partial charge in [0.2, 0.25) is 0 Å². The number of nitrogens with zero attached hydrogens (tertiary/aromatic N) is 2. The first-order chi connectivity index (χ1) is 17.1. The fourth-order valence-electron chi connectivity index (χ4n) is 4.72. The van der Waals surface area contributed by atoms with Crippen LogP contribution in [0.5, 0.6) is 0 Å². The summed E-state index contributed by atoms with van der Waals surface area (Å²) in [4.78, 5) is 33.1. The van der Waals surface area contributed by atoms with E-state index in [1.807, 2.05) is 50.2 Å². The number of aryl methyl sites for hydroxylation is 2. The number of hydrogen-bond donors (Lipinski definition) is 1. The molecule has 182 valence electrons. The lowest BCUT2D eigenvalue weighted by molar-refractivity contribution is -0.132. The molecule has 1 N–H and O–H groups in total. The number of amides is 1. The molecule has 2 heterocycles. The van der Waals surface area contributed by atoms with Crippen LogP contribution in [0.4, 0.5) is 5.13 Å². The standard InChI is InChI=1S/C30H28N2O3S/c1-17-15-18(2)24-22(16-17)36-29(31-24)32-25(19-11-13-21(14-12-19)30(3,4)5)23(27(34)28(32)35)26(33)20-9-7-6-8-10-20/h6-16,25,33H,1-5H3/b26-23+/t25-/m0/s1. The molecule has 1 saturated heterocycles. The van der Waals surface area contributed by atoms with E-state index in [0.717, 1.165) is 32.5 Å². The van der Waals surface area contributed by atoms with Crippen molar-refractivity contribution in [1.82, 2.24) is 4.98 Å². The number of Topliss-reactive ketones (excluding diaryl/α,β-unsaturated/α-hetero) is 1. The maximum Gasteiger partial charge on any atom is 0.301 e. The lowest BCUT2D eigenvalue weighted by Gasteiger charge is -2.24. The number of anilines is 1. The molecular weight excluding hydrogens is 468 g/mol. The summed E-state index contributed by atoms with van der Waals surface area (Å²) in [6.45, 7) is 10.4. The van der Waals surface area contributed by atoms with Crippen LogP contribution in [-0.2, 0) is 15.0 Å². The normalized spacial score (nSPS) is 17.8. The van der Waals surface area contributed by atoms with E-state index in [1.54, 1.807) is 24.3 Å². The van der Waals surface area contributed by atoms with Crippen LogP contribution in [0.2, 0.25) is 0 Å². The minimum atomic E-state index is -0.791. The first-order valence-corrected chi connectivity index (χ1v) is 12.7. The van der Waals surface area contributed by atoms with Crippen LogP contribution in [0.15, 0.2) is 72.3 Å². The van der Waals surface area contributed by atoms with Crippen molar-refractivity contribution in [1.29, 1.82) is 0 Å². The van der Waals surface area contributed by atoms with Crippen LogP contribution in [0, 0.1) is 13.8 Å². The predicted octanol–water partition coefficient (Wildman–Crippen LogP) is 6.84. The van der Waals surface area contributed by atoms with Gasteiger partial charge in [0.1, 0.15) is 5.76 Å². The average Bonchev–Trinajstić information content (AvgIpc) is 3.37. The van der Waals surface area contributed by atoms with Gasteiger partial charge in [-0.2, -0.15) is 0 Å². The van der Waals surface area contributed by atoms with Gasteiger partial charge < -0.3 is 5.11 Å². The number of aliphatic hydroxyl groups excluding tert-OH is 1. The van der Waals surface area contributed by atoms with Gasteiger partial charge in [0, 0.05) is 5.56 Å². The molecule has 4 aromatic rings. The Morgan fingerprint density at radius 3 is 2.28 bits per heavy atom. The minimum Gasteiger partial charge on any atom is -0.507 e. The van der Waals surface area contributed by atoms with E-state index in [1.165, 1.54) is 16.2 Å². The van der Waals surface area contributed by atoms with Crippen molar-refractivity contribution >= 4 is 44.1 Å². The highest BCUT2D eigenvalue weighted by atomic mass is 32.1. The average molecular weight is 497 g/mol. The van der Waals surface area contributed by atoms with Gasteiger partial charge in [0.25, 0.3) is 5.78 Å². The van der Waals surface area contributed by atoms with E-state index >= 15 is 0 Å². The third-order valence-electron chi connectivity index (χ3n) is 6.61. The highest BCUT2D eigenvalue weighted by Gasteiger charge is 2.48. The Labute approximate surface area is 214 Å². The molecule has 0 bridgehead atoms. The summed E-state index contributed by atoms with van der Waals surface area (Å²) in [7, 11) is 0. The molecule has 0 unspecified atom stereocenters. The number of thiazole rings is 1. The van der Waals surface area contributed by atoms with Crippen molar-refractivity contribution in [2.24, 2.45) is 0 Å². The number of carbonyl (C=O) groups is 2. The van der Waals surface area contributed by atoms with E-state index in [9.17, 15) is 14.7 Å². The second-order valence-corrected chi connectivity index (χ2v) is 11.3. The SMILES string of the molecule is Cc1cc(C)c2nc(N3C(=O)C(=O)/C(=C(/O)c4ccccc4)[C@@H]3c3ccc(C(C)(C)C)cc3)sc2c1. The molecule has 0 aliphatic carbocycles. The summed E-state index contributed by atoms with van der Waals surface area (Å²) in [5.41, 5.74) is 5.32. The Morgan fingerprint density at radius 2 is 1.64 bits per heavy atom. The Hall–Kier alpha value is -3.77. The highest BCUT2D eigenvalue weighted by molar-refractivity contribution is 7.22. The second-order valence-electron chi connectivity index (χ2n) is 10.3. The van der Waals surface area contributed by atoms with Crippen LogP contribution in [-0.4, -0.2) is 21.8 Å². The van der Waals surface area contributed by atoms with Gasteiger partial charge >= 0.3 is 5.91 Å². The van der Waals surface area contributed by atoms with E-state index in [4.69, 9.17) is 4.98 Å². The number of carbonyl (C=O) groups excluding carboxylic acids is 2. The largest absolute Gasteiger partial charge is 0.507 e. The topological polar surface area (TPSA) is 70.5 Å². The molecule has 0 saturated carbocycles. The summed E-state index contributed by atoms with van der Waals surface area (Å²) in [6, 6.07) is 20.1. The maximum atomic E-state index is 13.5. The van der Waals surface area contributed by atoms with E-state index in [-0.39, 0.29) is 16.7 Å². The van der Waals surface area contributed by atoms with Crippen molar-refractivity contribution in [3.05, 3.63) is 100 Å². The maximum absolute atomic E-state index is 13.5. The van der Waals surface area contributed by atoms with Gasteiger partial charge in [0.15, 0.2) is 5.13 Å². The highest BCUT2D eigenvalue weighted by Crippen LogP contribution is 2.45. The third-order valence-corrected chi connectivity index (χ3v) is 7.61. The first-order valence-electron chi connectivity index (χ1n) is 11.9. The van der Waals surface area contributed by atoms with Crippen LogP contribution >= 0.6 is 11.3 Å². The molecule has 1 fully saturated rings. The van der Waals surface area contributed by atoms with Gasteiger partial charge in [0.05, 0.1) is 21.8 Å². The summed E-state index contributed by atoms with van der Waals surface area (Å²) < 4.78 is 0.953. The molecule has 6 heteroatoms. The van der Waals surface area contributed by atoms with Gasteiger partial charge in [-0.1, -0.05) is 92.8 Å². The fourth-order valence-corrected chi connectivity index (χ4v) is 5.89.